The van der Waals surface area contributed by atoms with Gasteiger partial charge in [-0.3, -0.25) is 19.3 Å². The zero-order chi connectivity index (χ0) is 20.9. The van der Waals surface area contributed by atoms with E-state index >= 15 is 0 Å². The summed E-state index contributed by atoms with van der Waals surface area (Å²) in [5.74, 6) is -2.78. The van der Waals surface area contributed by atoms with Crippen molar-refractivity contribution in [3.8, 4) is 5.75 Å². The molecular formula is C19H23FN2O6. The maximum atomic E-state index is 13.7. The van der Waals surface area contributed by atoms with Gasteiger partial charge < -0.3 is 14.8 Å². The lowest BCUT2D eigenvalue weighted by molar-refractivity contribution is -0.146. The van der Waals surface area contributed by atoms with Crippen molar-refractivity contribution in [1.82, 2.24) is 10.2 Å². The van der Waals surface area contributed by atoms with Crippen LogP contribution in [-0.2, 0) is 14.3 Å². The first kappa shape index (κ1) is 21.3. The number of esters is 1. The molecule has 0 saturated carbocycles. The minimum atomic E-state index is -1.05. The predicted molar refractivity (Wildman–Crippen MR) is 96.4 cm³/mol. The largest absolute Gasteiger partial charge is 0.494 e. The van der Waals surface area contributed by atoms with Crippen LogP contribution in [0.5, 0.6) is 5.75 Å². The smallest absolute Gasteiger partial charge is 0.326 e. The van der Waals surface area contributed by atoms with Gasteiger partial charge in [-0.25, -0.2) is 9.18 Å². The number of methoxy groups -OCH3 is 1. The number of ketones is 1. The second kappa shape index (κ2) is 8.81. The van der Waals surface area contributed by atoms with Gasteiger partial charge in [0.2, 0.25) is 0 Å². The van der Waals surface area contributed by atoms with Gasteiger partial charge in [-0.2, -0.15) is 0 Å². The number of Topliss-reactive ketones (excluding diaryl/α,β-unsaturated/α-hetero) is 1. The third kappa shape index (κ3) is 4.65. The highest BCUT2D eigenvalue weighted by Gasteiger charge is 2.47. The number of halogens is 1. The van der Waals surface area contributed by atoms with Gasteiger partial charge in [0.1, 0.15) is 12.1 Å². The molecule has 8 nitrogen and oxygen atoms in total. The second-order valence-corrected chi connectivity index (χ2v) is 6.69. The molecule has 1 N–H and O–H groups in total. The molecule has 1 fully saturated rings. The van der Waals surface area contributed by atoms with E-state index < -0.39 is 48.2 Å². The van der Waals surface area contributed by atoms with Crippen LogP contribution in [0.4, 0.5) is 9.18 Å². The summed E-state index contributed by atoms with van der Waals surface area (Å²) in [7, 11) is 1.30. The van der Waals surface area contributed by atoms with E-state index in [4.69, 9.17) is 9.47 Å². The van der Waals surface area contributed by atoms with E-state index in [0.717, 1.165) is 23.8 Å². The summed E-state index contributed by atoms with van der Waals surface area (Å²) in [4.78, 5) is 49.3. The zero-order valence-corrected chi connectivity index (χ0v) is 16.0. The highest BCUT2D eigenvalue weighted by molar-refractivity contribution is 6.08. The molecule has 28 heavy (non-hydrogen) atoms. The molecule has 1 aliphatic heterocycles. The van der Waals surface area contributed by atoms with Crippen LogP contribution in [0.1, 0.15) is 43.5 Å². The minimum Gasteiger partial charge on any atom is -0.494 e. The number of hydrogen-bond donors (Lipinski definition) is 1. The van der Waals surface area contributed by atoms with Gasteiger partial charge in [-0.15, -0.1) is 0 Å². The van der Waals surface area contributed by atoms with Gasteiger partial charge in [-0.05, 0) is 31.5 Å². The van der Waals surface area contributed by atoms with Crippen molar-refractivity contribution in [3.05, 3.63) is 29.6 Å². The van der Waals surface area contributed by atoms with Crippen molar-refractivity contribution in [1.29, 1.82) is 0 Å². The standard InChI is InChI=1S/C19H23FN2O6/c1-4-5-8-19(2)17(25)22(18(26)21-19)10-16(24)28-11-14(23)12-6-7-15(27-3)13(20)9-12/h6-7,9H,4-5,8,10-11H2,1-3H3,(H,21,26)/t19-/m0/s1. The topological polar surface area (TPSA) is 102 Å². The fourth-order valence-corrected chi connectivity index (χ4v) is 2.83. The predicted octanol–water partition coefficient (Wildman–Crippen LogP) is 2.06. The van der Waals surface area contributed by atoms with E-state index in [-0.39, 0.29) is 11.3 Å². The summed E-state index contributed by atoms with van der Waals surface area (Å²) in [5.41, 5.74) is -1.04. The Labute approximate surface area is 162 Å². The maximum absolute atomic E-state index is 13.7. The van der Waals surface area contributed by atoms with Crippen LogP contribution in [0.2, 0.25) is 0 Å². The molecule has 1 saturated heterocycles. The number of carbonyl (C=O) groups is 4. The number of rotatable bonds is 9. The molecule has 1 aromatic rings. The molecular weight excluding hydrogens is 371 g/mol. The van der Waals surface area contributed by atoms with Crippen molar-refractivity contribution in [2.45, 2.75) is 38.6 Å². The quantitative estimate of drug-likeness (QED) is 0.391. The molecule has 1 aromatic carbocycles. The molecule has 0 aromatic heterocycles. The minimum absolute atomic E-state index is 0.00762. The van der Waals surface area contributed by atoms with Crippen LogP contribution in [0.25, 0.3) is 0 Å². The lowest BCUT2D eigenvalue weighted by Gasteiger charge is -2.21. The number of carbonyl (C=O) groups excluding carboxylic acids is 4. The Balaban J connectivity index is 1.91. The van der Waals surface area contributed by atoms with Crippen LogP contribution in [0.15, 0.2) is 18.2 Å². The number of imide groups is 1. The van der Waals surface area contributed by atoms with Gasteiger partial charge in [0.05, 0.1) is 7.11 Å². The van der Waals surface area contributed by atoms with Crippen LogP contribution in [-0.4, -0.2) is 54.4 Å². The van der Waals surface area contributed by atoms with Crippen LogP contribution < -0.4 is 10.1 Å². The number of unbranched alkanes of at least 4 members (excludes halogenated alkanes) is 1. The van der Waals surface area contributed by atoms with Gasteiger partial charge in [0, 0.05) is 5.56 Å². The van der Waals surface area contributed by atoms with Gasteiger partial charge in [0.15, 0.2) is 24.0 Å². The summed E-state index contributed by atoms with van der Waals surface area (Å²) in [6, 6.07) is 2.93. The van der Waals surface area contributed by atoms with Crippen LogP contribution >= 0.6 is 0 Å². The first-order valence-electron chi connectivity index (χ1n) is 8.88. The van der Waals surface area contributed by atoms with E-state index in [9.17, 15) is 23.6 Å². The zero-order valence-electron chi connectivity index (χ0n) is 16.0. The Morgan fingerprint density at radius 3 is 2.61 bits per heavy atom. The van der Waals surface area contributed by atoms with Crippen LogP contribution in [0.3, 0.4) is 0 Å². The molecule has 1 heterocycles. The Hall–Kier alpha value is -2.97. The monoisotopic (exact) mass is 394 g/mol. The lowest BCUT2D eigenvalue weighted by Crippen LogP contribution is -2.44. The number of benzene rings is 1. The first-order chi connectivity index (χ1) is 13.2. The van der Waals surface area contributed by atoms with Crippen LogP contribution in [0, 0.1) is 5.82 Å². The number of hydrogen-bond acceptors (Lipinski definition) is 6. The molecule has 1 aliphatic rings. The number of nitrogens with one attached hydrogen (secondary N) is 1. The number of amides is 3. The summed E-state index contributed by atoms with van der Waals surface area (Å²) in [6.45, 7) is 2.33. The first-order valence-corrected chi connectivity index (χ1v) is 8.88. The maximum Gasteiger partial charge on any atom is 0.326 e. The Bertz CT molecular complexity index is 797. The highest BCUT2D eigenvalue weighted by Crippen LogP contribution is 2.23. The van der Waals surface area contributed by atoms with E-state index in [1.807, 2.05) is 6.92 Å². The molecule has 3 amide bonds. The Kier molecular flexibility index (Phi) is 6.71. The third-order valence-electron chi connectivity index (χ3n) is 4.50. The van der Waals surface area contributed by atoms with E-state index in [0.29, 0.717) is 6.42 Å². The fourth-order valence-electron chi connectivity index (χ4n) is 2.83. The summed E-state index contributed by atoms with van der Waals surface area (Å²) >= 11 is 0. The molecule has 9 heteroatoms. The fraction of sp³-hybridized carbons (Fsp3) is 0.474. The van der Waals surface area contributed by atoms with Crippen molar-refractivity contribution in [2.75, 3.05) is 20.3 Å². The van der Waals surface area contributed by atoms with Crippen molar-refractivity contribution < 1.29 is 33.0 Å². The van der Waals surface area contributed by atoms with Gasteiger partial charge >= 0.3 is 12.0 Å². The summed E-state index contributed by atoms with van der Waals surface area (Å²) < 4.78 is 23.3. The van der Waals surface area contributed by atoms with Crippen molar-refractivity contribution in [3.63, 3.8) is 0 Å². The van der Waals surface area contributed by atoms with Crippen molar-refractivity contribution >= 4 is 23.7 Å². The molecule has 0 spiro atoms. The van der Waals surface area contributed by atoms with E-state index in [2.05, 4.69) is 5.32 Å². The van der Waals surface area contributed by atoms with Crippen molar-refractivity contribution in [2.24, 2.45) is 0 Å². The molecule has 0 unspecified atom stereocenters. The number of ether oxygens (including phenoxy) is 2. The van der Waals surface area contributed by atoms with Gasteiger partial charge in [-0.1, -0.05) is 19.8 Å². The number of nitrogens with zero attached hydrogens (tertiary/aromatic N) is 1. The summed E-state index contributed by atoms with van der Waals surface area (Å²) in [5, 5.41) is 2.59. The highest BCUT2D eigenvalue weighted by atomic mass is 19.1. The molecule has 0 radical (unpaired) electrons. The lowest BCUT2D eigenvalue weighted by atomic mass is 9.95. The second-order valence-electron chi connectivity index (χ2n) is 6.69. The third-order valence-corrected chi connectivity index (χ3v) is 4.50. The average molecular weight is 394 g/mol. The molecule has 1 atom stereocenters. The van der Waals surface area contributed by atoms with Gasteiger partial charge in [0.25, 0.3) is 5.91 Å². The van der Waals surface area contributed by atoms with E-state index in [1.165, 1.54) is 19.2 Å². The molecule has 0 aliphatic carbocycles. The number of urea groups is 1. The average Bonchev–Trinajstić information content (AvgIpc) is 2.87. The molecule has 152 valence electrons. The molecule has 0 bridgehead atoms. The van der Waals surface area contributed by atoms with E-state index in [1.54, 1.807) is 6.92 Å². The summed E-state index contributed by atoms with van der Waals surface area (Å²) in [6.07, 6.45) is 2.06. The Morgan fingerprint density at radius 2 is 2.00 bits per heavy atom. The SMILES string of the molecule is CCCC[C@]1(C)NC(=O)N(CC(=O)OCC(=O)c2ccc(OC)c(F)c2)C1=O. The Morgan fingerprint density at radius 1 is 1.29 bits per heavy atom. The normalized spacial score (nSPS) is 18.8. The molecule has 2 rings (SSSR count).